The molecule has 2 aromatic carbocycles. The fraction of sp³-hybridized carbons (Fsp3) is 0.440. The molecule has 5 heteroatoms. The Morgan fingerprint density at radius 3 is 2.33 bits per heavy atom. The number of benzene rings is 2. The second-order valence-electron chi connectivity index (χ2n) is 8.55. The van der Waals surface area contributed by atoms with Crippen LogP contribution < -0.4 is 10.2 Å². The van der Waals surface area contributed by atoms with Crippen molar-refractivity contribution in [2.75, 3.05) is 36.4 Å². The first kappa shape index (κ1) is 20.5. The van der Waals surface area contributed by atoms with Gasteiger partial charge in [0.15, 0.2) is 0 Å². The highest BCUT2D eigenvalue weighted by Gasteiger charge is 2.23. The lowest BCUT2D eigenvalue weighted by molar-refractivity contribution is -0.130. The molecule has 4 rings (SSSR count). The number of carbonyl (C=O) groups excluding carboxylic acids is 2. The zero-order valence-corrected chi connectivity index (χ0v) is 17.8. The summed E-state index contributed by atoms with van der Waals surface area (Å²) in [6.45, 7) is 5.19. The summed E-state index contributed by atoms with van der Waals surface area (Å²) in [5.41, 5.74) is 4.27. The van der Waals surface area contributed by atoms with E-state index >= 15 is 0 Å². The minimum Gasteiger partial charge on any atom is -0.368 e. The van der Waals surface area contributed by atoms with E-state index in [9.17, 15) is 9.59 Å². The van der Waals surface area contributed by atoms with E-state index < -0.39 is 0 Å². The minimum atomic E-state index is 0.154. The van der Waals surface area contributed by atoms with Gasteiger partial charge in [-0.2, -0.15) is 0 Å². The van der Waals surface area contributed by atoms with Crippen molar-refractivity contribution in [2.24, 2.45) is 5.92 Å². The highest BCUT2D eigenvalue weighted by Crippen LogP contribution is 2.26. The molecule has 2 amide bonds. The molecular formula is C25H31N3O2. The fourth-order valence-electron chi connectivity index (χ4n) is 4.51. The lowest BCUT2D eigenvalue weighted by Gasteiger charge is -2.36. The third kappa shape index (κ3) is 5.02. The summed E-state index contributed by atoms with van der Waals surface area (Å²) in [6.07, 6.45) is 4.82. The number of carbonyl (C=O) groups is 2. The fourth-order valence-corrected chi connectivity index (χ4v) is 4.51. The third-order valence-electron chi connectivity index (χ3n) is 6.30. The van der Waals surface area contributed by atoms with Crippen LogP contribution in [0.2, 0.25) is 0 Å². The van der Waals surface area contributed by atoms with Gasteiger partial charge in [-0.15, -0.1) is 0 Å². The van der Waals surface area contributed by atoms with Gasteiger partial charge in [-0.3, -0.25) is 9.59 Å². The van der Waals surface area contributed by atoms with Gasteiger partial charge in [-0.05, 0) is 49.6 Å². The molecule has 0 radical (unpaired) electrons. The van der Waals surface area contributed by atoms with Crippen LogP contribution in [0.15, 0.2) is 48.5 Å². The molecule has 5 nitrogen and oxygen atoms in total. The number of piperazine rings is 1. The summed E-state index contributed by atoms with van der Waals surface area (Å²) < 4.78 is 0. The molecule has 0 atom stereocenters. The number of hydrogen-bond acceptors (Lipinski definition) is 3. The summed E-state index contributed by atoms with van der Waals surface area (Å²) in [5, 5.41) is 3.05. The van der Waals surface area contributed by atoms with E-state index in [4.69, 9.17) is 0 Å². The number of nitrogens with one attached hydrogen (secondary N) is 1. The highest BCUT2D eigenvalue weighted by atomic mass is 16.2. The number of aryl methyl sites for hydroxylation is 1. The minimum absolute atomic E-state index is 0.154. The molecule has 1 saturated carbocycles. The van der Waals surface area contributed by atoms with Gasteiger partial charge in [-0.25, -0.2) is 0 Å². The zero-order valence-electron chi connectivity index (χ0n) is 17.8. The third-order valence-corrected chi connectivity index (χ3v) is 6.30. The molecule has 2 fully saturated rings. The van der Waals surface area contributed by atoms with Gasteiger partial charge >= 0.3 is 0 Å². The maximum absolute atomic E-state index is 12.6. The SMILES string of the molecule is Cc1cccc(CC(=O)N2CCN(c3ccc(NC(=O)C4CCCC4)cc3)CC2)c1. The molecule has 1 aliphatic heterocycles. The van der Waals surface area contributed by atoms with E-state index in [-0.39, 0.29) is 17.7 Å². The van der Waals surface area contributed by atoms with E-state index in [1.165, 1.54) is 5.56 Å². The first-order chi connectivity index (χ1) is 14.6. The Hall–Kier alpha value is -2.82. The quantitative estimate of drug-likeness (QED) is 0.818. The summed E-state index contributed by atoms with van der Waals surface area (Å²) in [5.74, 6) is 0.529. The van der Waals surface area contributed by atoms with E-state index in [0.29, 0.717) is 6.42 Å². The predicted molar refractivity (Wildman–Crippen MR) is 121 cm³/mol. The molecule has 158 valence electrons. The van der Waals surface area contributed by atoms with Crippen LogP contribution in [-0.2, 0) is 16.0 Å². The topological polar surface area (TPSA) is 52.7 Å². The van der Waals surface area contributed by atoms with Crippen molar-refractivity contribution in [3.8, 4) is 0 Å². The maximum atomic E-state index is 12.6. The van der Waals surface area contributed by atoms with Crippen molar-refractivity contribution in [1.82, 2.24) is 4.90 Å². The molecule has 1 N–H and O–H groups in total. The average Bonchev–Trinajstić information content (AvgIpc) is 3.30. The maximum Gasteiger partial charge on any atom is 0.227 e. The van der Waals surface area contributed by atoms with Gasteiger partial charge in [0, 0.05) is 43.5 Å². The van der Waals surface area contributed by atoms with Crippen LogP contribution in [0.5, 0.6) is 0 Å². The molecule has 0 aromatic heterocycles. The molecule has 0 unspecified atom stereocenters. The summed E-state index contributed by atoms with van der Waals surface area (Å²) >= 11 is 0. The first-order valence-corrected chi connectivity index (χ1v) is 11.1. The van der Waals surface area contributed by atoms with Gasteiger partial charge < -0.3 is 15.1 Å². The molecule has 2 aliphatic rings. The van der Waals surface area contributed by atoms with Crippen LogP contribution in [-0.4, -0.2) is 42.9 Å². The Bertz CT molecular complexity index is 880. The number of hydrogen-bond donors (Lipinski definition) is 1. The lowest BCUT2D eigenvalue weighted by atomic mass is 10.1. The summed E-state index contributed by atoms with van der Waals surface area (Å²) in [6, 6.07) is 16.3. The summed E-state index contributed by atoms with van der Waals surface area (Å²) in [4.78, 5) is 29.2. The van der Waals surface area contributed by atoms with E-state index in [1.807, 2.05) is 29.2 Å². The molecule has 2 aromatic rings. The van der Waals surface area contributed by atoms with Crippen LogP contribution in [0.3, 0.4) is 0 Å². The smallest absolute Gasteiger partial charge is 0.227 e. The summed E-state index contributed by atoms with van der Waals surface area (Å²) in [7, 11) is 0. The zero-order chi connectivity index (χ0) is 20.9. The molecular weight excluding hydrogens is 374 g/mol. The lowest BCUT2D eigenvalue weighted by Crippen LogP contribution is -2.49. The number of anilines is 2. The Morgan fingerprint density at radius 2 is 1.67 bits per heavy atom. The second-order valence-corrected chi connectivity index (χ2v) is 8.55. The Kier molecular flexibility index (Phi) is 6.36. The van der Waals surface area contributed by atoms with Crippen LogP contribution >= 0.6 is 0 Å². The van der Waals surface area contributed by atoms with Crippen molar-refractivity contribution in [1.29, 1.82) is 0 Å². The van der Waals surface area contributed by atoms with Crippen molar-refractivity contribution in [2.45, 2.75) is 39.0 Å². The Morgan fingerprint density at radius 1 is 0.967 bits per heavy atom. The number of nitrogens with zero attached hydrogens (tertiary/aromatic N) is 2. The molecule has 1 saturated heterocycles. The van der Waals surface area contributed by atoms with Crippen molar-refractivity contribution in [3.63, 3.8) is 0 Å². The van der Waals surface area contributed by atoms with Gasteiger partial charge in [-0.1, -0.05) is 42.7 Å². The first-order valence-electron chi connectivity index (χ1n) is 11.1. The van der Waals surface area contributed by atoms with Crippen LogP contribution in [0.4, 0.5) is 11.4 Å². The standard InChI is InChI=1S/C25H31N3O2/c1-19-5-4-6-20(17-19)18-24(29)28-15-13-27(14-16-28)23-11-9-22(10-12-23)26-25(30)21-7-2-3-8-21/h4-6,9-12,17,21H,2-3,7-8,13-16,18H2,1H3,(H,26,30). The molecule has 1 heterocycles. The van der Waals surface area contributed by atoms with E-state index in [0.717, 1.165) is 68.8 Å². The average molecular weight is 406 g/mol. The number of rotatable bonds is 5. The van der Waals surface area contributed by atoms with Gasteiger partial charge in [0.2, 0.25) is 11.8 Å². The largest absolute Gasteiger partial charge is 0.368 e. The van der Waals surface area contributed by atoms with Gasteiger partial charge in [0.25, 0.3) is 0 Å². The van der Waals surface area contributed by atoms with Gasteiger partial charge in [0.1, 0.15) is 0 Å². The molecule has 0 bridgehead atoms. The van der Waals surface area contributed by atoms with Crippen molar-refractivity contribution < 1.29 is 9.59 Å². The normalized spacial score (nSPS) is 17.2. The van der Waals surface area contributed by atoms with E-state index in [1.54, 1.807) is 0 Å². The monoisotopic (exact) mass is 405 g/mol. The molecule has 0 spiro atoms. The molecule has 30 heavy (non-hydrogen) atoms. The van der Waals surface area contributed by atoms with E-state index in [2.05, 4.69) is 41.4 Å². The van der Waals surface area contributed by atoms with Crippen molar-refractivity contribution >= 4 is 23.2 Å². The van der Waals surface area contributed by atoms with Gasteiger partial charge in [0.05, 0.1) is 6.42 Å². The Balaban J connectivity index is 1.27. The number of amides is 2. The predicted octanol–water partition coefficient (Wildman–Crippen LogP) is 4.02. The van der Waals surface area contributed by atoms with Crippen LogP contribution in [0, 0.1) is 12.8 Å². The van der Waals surface area contributed by atoms with Crippen LogP contribution in [0.1, 0.15) is 36.8 Å². The molecule has 1 aliphatic carbocycles. The van der Waals surface area contributed by atoms with Crippen LogP contribution in [0.25, 0.3) is 0 Å². The highest BCUT2D eigenvalue weighted by molar-refractivity contribution is 5.92. The Labute approximate surface area is 179 Å². The van der Waals surface area contributed by atoms with Crippen molar-refractivity contribution in [3.05, 3.63) is 59.7 Å². The second kappa shape index (κ2) is 9.33.